The van der Waals surface area contributed by atoms with Crippen molar-refractivity contribution in [1.29, 1.82) is 0 Å². The molecule has 24 heavy (non-hydrogen) atoms. The van der Waals surface area contributed by atoms with Gasteiger partial charge in [0.15, 0.2) is 0 Å². The lowest BCUT2D eigenvalue weighted by Gasteiger charge is -2.12. The molecule has 6 nitrogen and oxygen atoms in total. The second-order valence-electron chi connectivity index (χ2n) is 4.85. The van der Waals surface area contributed by atoms with E-state index in [9.17, 15) is 9.90 Å². The van der Waals surface area contributed by atoms with Gasteiger partial charge < -0.3 is 15.2 Å². The molecule has 0 fully saturated rings. The van der Waals surface area contributed by atoms with Gasteiger partial charge in [-0.1, -0.05) is 24.8 Å². The predicted molar refractivity (Wildman–Crippen MR) is 94.7 cm³/mol. The molecule has 6 heteroatoms. The van der Waals surface area contributed by atoms with Gasteiger partial charge >= 0.3 is 5.97 Å². The molecule has 1 aromatic heterocycles. The molecule has 0 saturated carbocycles. The lowest BCUT2D eigenvalue weighted by Crippen LogP contribution is -2.07. The van der Waals surface area contributed by atoms with Crippen LogP contribution in [0.3, 0.4) is 0 Å². The van der Waals surface area contributed by atoms with Gasteiger partial charge in [-0.05, 0) is 31.2 Å². The van der Waals surface area contributed by atoms with E-state index in [-0.39, 0.29) is 5.56 Å². The molecule has 1 heterocycles. The van der Waals surface area contributed by atoms with Crippen LogP contribution in [0.5, 0.6) is 5.75 Å². The van der Waals surface area contributed by atoms with Crippen LogP contribution in [0.2, 0.25) is 0 Å². The molecular weight excluding hydrogens is 306 g/mol. The van der Waals surface area contributed by atoms with E-state index in [1.54, 1.807) is 29.1 Å². The number of hydrogen-bond acceptors (Lipinski definition) is 4. The minimum absolute atomic E-state index is 0.108. The summed E-state index contributed by atoms with van der Waals surface area (Å²) in [6, 6.07) is 6.55. The number of anilines is 2. The van der Waals surface area contributed by atoms with E-state index < -0.39 is 5.97 Å². The maximum Gasteiger partial charge on any atom is 0.337 e. The summed E-state index contributed by atoms with van der Waals surface area (Å²) >= 11 is 0. The minimum atomic E-state index is -1.05. The molecule has 124 valence electrons. The number of aromatic nitrogens is 2. The Morgan fingerprint density at radius 1 is 1.38 bits per heavy atom. The average molecular weight is 325 g/mol. The van der Waals surface area contributed by atoms with Gasteiger partial charge in [-0.15, -0.1) is 0 Å². The Labute approximate surface area is 140 Å². The first-order chi connectivity index (χ1) is 11.6. The number of nitrogens with one attached hydrogen (secondary N) is 1. The highest BCUT2D eigenvalue weighted by Crippen LogP contribution is 2.26. The van der Waals surface area contributed by atoms with E-state index in [1.165, 1.54) is 13.2 Å². The molecule has 2 rings (SSSR count). The third kappa shape index (κ3) is 3.92. The molecule has 0 spiro atoms. The molecule has 0 bridgehead atoms. The van der Waals surface area contributed by atoms with Gasteiger partial charge in [0.25, 0.3) is 0 Å². The number of carbonyl (C=O) groups is 1. The van der Waals surface area contributed by atoms with Gasteiger partial charge in [-0.2, -0.15) is 5.10 Å². The molecule has 2 aromatic rings. The maximum absolute atomic E-state index is 11.5. The van der Waals surface area contributed by atoms with Crippen molar-refractivity contribution < 1.29 is 14.6 Å². The molecule has 2 N–H and O–H groups in total. The highest BCUT2D eigenvalue weighted by atomic mass is 16.5. The fraction of sp³-hybridized carbons (Fsp3) is 0.111. The largest absolute Gasteiger partial charge is 0.497 e. The van der Waals surface area contributed by atoms with Crippen LogP contribution in [0, 0.1) is 0 Å². The summed E-state index contributed by atoms with van der Waals surface area (Å²) in [5.41, 5.74) is 1.19. The Kier molecular flexibility index (Phi) is 5.57. The molecular formula is C18H19N3O3. The molecule has 0 amide bonds. The number of benzene rings is 1. The first kappa shape index (κ1) is 17.1. The third-order valence-electron chi connectivity index (χ3n) is 3.23. The van der Waals surface area contributed by atoms with E-state index in [0.717, 1.165) is 0 Å². The van der Waals surface area contributed by atoms with Crippen molar-refractivity contribution in [3.63, 3.8) is 0 Å². The summed E-state index contributed by atoms with van der Waals surface area (Å²) in [5, 5.41) is 16.7. The van der Waals surface area contributed by atoms with Crippen molar-refractivity contribution in [2.45, 2.75) is 6.92 Å². The quantitative estimate of drug-likeness (QED) is 0.754. The molecule has 0 aliphatic rings. The summed E-state index contributed by atoms with van der Waals surface area (Å²) in [7, 11) is 1.49. The van der Waals surface area contributed by atoms with Crippen LogP contribution in [0.25, 0.3) is 5.70 Å². The number of nitrogens with zero attached hydrogens (tertiary/aromatic N) is 2. The molecule has 0 radical (unpaired) electrons. The highest BCUT2D eigenvalue weighted by Gasteiger charge is 2.13. The summed E-state index contributed by atoms with van der Waals surface area (Å²) in [5.74, 6) is 0.0391. The lowest BCUT2D eigenvalue weighted by atomic mass is 10.1. The smallest absolute Gasteiger partial charge is 0.337 e. The van der Waals surface area contributed by atoms with Crippen LogP contribution in [-0.2, 0) is 0 Å². The van der Waals surface area contributed by atoms with Crippen LogP contribution in [0.1, 0.15) is 17.3 Å². The Morgan fingerprint density at radius 2 is 2.17 bits per heavy atom. The number of carboxylic acids is 1. The molecule has 1 aromatic carbocycles. The van der Waals surface area contributed by atoms with E-state index in [0.29, 0.717) is 23.0 Å². The number of ether oxygens (including phenoxy) is 1. The topological polar surface area (TPSA) is 76.4 Å². The summed E-state index contributed by atoms with van der Waals surface area (Å²) in [4.78, 5) is 11.5. The van der Waals surface area contributed by atoms with Crippen LogP contribution in [0.15, 0.2) is 61.3 Å². The van der Waals surface area contributed by atoms with Crippen molar-refractivity contribution in [3.8, 4) is 5.75 Å². The number of aromatic carboxylic acids is 1. The Hall–Kier alpha value is -3.28. The predicted octanol–water partition coefficient (Wildman–Crippen LogP) is 3.94. The summed E-state index contributed by atoms with van der Waals surface area (Å²) in [6.07, 6.45) is 9.06. The van der Waals surface area contributed by atoms with Crippen molar-refractivity contribution in [2.75, 3.05) is 12.4 Å². The van der Waals surface area contributed by atoms with Gasteiger partial charge in [-0.3, -0.25) is 0 Å². The average Bonchev–Trinajstić information content (AvgIpc) is 3.03. The minimum Gasteiger partial charge on any atom is -0.497 e. The third-order valence-corrected chi connectivity index (χ3v) is 3.23. The van der Waals surface area contributed by atoms with Crippen molar-refractivity contribution in [3.05, 3.63) is 66.9 Å². The molecule has 0 unspecified atom stereocenters. The zero-order valence-corrected chi connectivity index (χ0v) is 13.6. The van der Waals surface area contributed by atoms with E-state index in [1.807, 2.05) is 31.2 Å². The van der Waals surface area contributed by atoms with Gasteiger partial charge in [0.2, 0.25) is 0 Å². The first-order valence-electron chi connectivity index (χ1n) is 7.28. The zero-order chi connectivity index (χ0) is 17.5. The number of carboxylic acid groups (broad SMARTS) is 1. The van der Waals surface area contributed by atoms with Crippen LogP contribution in [0.4, 0.5) is 11.5 Å². The Balaban J connectivity index is 2.31. The fourth-order valence-corrected chi connectivity index (χ4v) is 2.05. The lowest BCUT2D eigenvalue weighted by molar-refractivity contribution is 0.0697. The van der Waals surface area contributed by atoms with Crippen LogP contribution in [-0.4, -0.2) is 28.0 Å². The van der Waals surface area contributed by atoms with Gasteiger partial charge in [0.1, 0.15) is 11.6 Å². The number of rotatable bonds is 7. The number of hydrogen-bond donors (Lipinski definition) is 2. The molecule has 0 atom stereocenters. The fourth-order valence-electron chi connectivity index (χ4n) is 2.05. The van der Waals surface area contributed by atoms with Crippen LogP contribution < -0.4 is 10.1 Å². The van der Waals surface area contributed by atoms with Crippen molar-refractivity contribution in [1.82, 2.24) is 9.78 Å². The monoisotopic (exact) mass is 325 g/mol. The number of allylic oxidation sites excluding steroid dienone is 5. The van der Waals surface area contributed by atoms with Gasteiger partial charge in [0.05, 0.1) is 30.3 Å². The first-order valence-corrected chi connectivity index (χ1v) is 7.28. The Bertz CT molecular complexity index is 804. The second-order valence-corrected chi connectivity index (χ2v) is 4.85. The van der Waals surface area contributed by atoms with Crippen molar-refractivity contribution in [2.24, 2.45) is 0 Å². The molecule has 0 aliphatic carbocycles. The number of methoxy groups -OCH3 is 1. The maximum atomic E-state index is 11.5. The Morgan fingerprint density at radius 3 is 2.83 bits per heavy atom. The summed E-state index contributed by atoms with van der Waals surface area (Å²) < 4.78 is 6.67. The zero-order valence-electron chi connectivity index (χ0n) is 13.6. The van der Waals surface area contributed by atoms with E-state index in [4.69, 9.17) is 4.74 Å². The van der Waals surface area contributed by atoms with E-state index >= 15 is 0 Å². The molecule has 0 aliphatic heterocycles. The standard InChI is InChI=1S/C18H19N3O3/c1-4-5-6-7-13(2)21-17(10-11-19-21)20-16-9-8-14(24-3)12-15(16)18(22)23/h4-12,20H,2H2,1,3H3,(H,22,23)/b5-4-,7-6-. The van der Waals surface area contributed by atoms with Gasteiger partial charge in [-0.25, -0.2) is 9.48 Å². The molecule has 0 saturated heterocycles. The van der Waals surface area contributed by atoms with Crippen LogP contribution >= 0.6 is 0 Å². The van der Waals surface area contributed by atoms with Gasteiger partial charge in [0, 0.05) is 6.07 Å². The second kappa shape index (κ2) is 7.82. The normalized spacial score (nSPS) is 11.1. The highest BCUT2D eigenvalue weighted by molar-refractivity contribution is 5.95. The van der Waals surface area contributed by atoms with E-state index in [2.05, 4.69) is 17.0 Å². The SMILES string of the molecule is C=C(/C=C\C=C/C)n1nccc1Nc1ccc(OC)cc1C(=O)O. The summed E-state index contributed by atoms with van der Waals surface area (Å²) in [6.45, 7) is 5.88. The van der Waals surface area contributed by atoms with Crippen molar-refractivity contribution >= 4 is 23.2 Å².